The molecule has 2 nitrogen and oxygen atoms in total. The molecule has 0 aliphatic carbocycles. The minimum absolute atomic E-state index is 1.11. The summed E-state index contributed by atoms with van der Waals surface area (Å²) in [7, 11) is 0. The smallest absolute Gasteiger partial charge is 0.0945 e. The van der Waals surface area contributed by atoms with Gasteiger partial charge in [0.15, 0.2) is 0 Å². The van der Waals surface area contributed by atoms with Gasteiger partial charge in [-0.1, -0.05) is 12.8 Å². The zero-order valence-corrected chi connectivity index (χ0v) is 10.3. The fraction of sp³-hybridized carbons (Fsp3) is 0.462. The van der Waals surface area contributed by atoms with Crippen molar-refractivity contribution < 1.29 is 0 Å². The molecule has 0 radical (unpaired) electrons. The summed E-state index contributed by atoms with van der Waals surface area (Å²) in [6.07, 6.45) is 12.3. The minimum Gasteiger partial charge on any atom is -0.337 e. The molecule has 0 spiro atoms. The number of thiophene rings is 1. The molecule has 0 aromatic carbocycles. The second kappa shape index (κ2) is 6.48. The summed E-state index contributed by atoms with van der Waals surface area (Å²) in [6, 6.07) is 2.23. The van der Waals surface area contributed by atoms with Gasteiger partial charge >= 0.3 is 0 Å². The molecule has 0 bridgehead atoms. The van der Waals surface area contributed by atoms with Crippen LogP contribution < -0.4 is 0 Å². The Labute approximate surface area is 101 Å². The Morgan fingerprint density at radius 3 is 2.88 bits per heavy atom. The lowest BCUT2D eigenvalue weighted by molar-refractivity contribution is 0.572. The zero-order valence-electron chi connectivity index (χ0n) is 9.51. The van der Waals surface area contributed by atoms with Crippen LogP contribution in [0.15, 0.2) is 35.5 Å². The molecule has 2 aromatic rings. The normalized spacial score (nSPS) is 10.8. The Hall–Kier alpha value is -1.09. The average molecular weight is 234 g/mol. The van der Waals surface area contributed by atoms with E-state index in [2.05, 4.69) is 26.4 Å². The van der Waals surface area contributed by atoms with Crippen molar-refractivity contribution in [2.75, 3.05) is 0 Å². The number of nitrogens with zero attached hydrogens (tertiary/aromatic N) is 2. The number of hydrogen-bond acceptors (Lipinski definition) is 2. The number of unbranched alkanes of at least 4 members (excludes halogenated alkanes) is 3. The van der Waals surface area contributed by atoms with Crippen molar-refractivity contribution >= 4 is 11.3 Å². The van der Waals surface area contributed by atoms with Crippen molar-refractivity contribution in [1.82, 2.24) is 9.55 Å². The molecule has 0 amide bonds. The summed E-state index contributed by atoms with van der Waals surface area (Å²) < 4.78 is 2.15. The summed E-state index contributed by atoms with van der Waals surface area (Å²) in [4.78, 5) is 4.04. The summed E-state index contributed by atoms with van der Waals surface area (Å²) in [5.74, 6) is 0. The highest BCUT2D eigenvalue weighted by Gasteiger charge is 1.94. The first-order valence-electron chi connectivity index (χ1n) is 5.92. The Balaban J connectivity index is 1.49. The number of aryl methyl sites for hydroxylation is 2. The second-order valence-corrected chi connectivity index (χ2v) is 4.88. The fourth-order valence-electron chi connectivity index (χ4n) is 1.83. The number of rotatable bonds is 7. The first-order valence-corrected chi connectivity index (χ1v) is 6.86. The van der Waals surface area contributed by atoms with Gasteiger partial charge in [0.1, 0.15) is 0 Å². The van der Waals surface area contributed by atoms with Crippen LogP contribution in [0.25, 0.3) is 0 Å². The molecule has 0 fully saturated rings. The minimum atomic E-state index is 1.11. The van der Waals surface area contributed by atoms with E-state index in [0.717, 1.165) is 6.54 Å². The van der Waals surface area contributed by atoms with E-state index in [1.807, 2.05) is 18.7 Å². The van der Waals surface area contributed by atoms with Crippen LogP contribution in [0.3, 0.4) is 0 Å². The molecule has 2 aromatic heterocycles. The molecule has 0 N–H and O–H groups in total. The molecule has 86 valence electrons. The lowest BCUT2D eigenvalue weighted by Gasteiger charge is -2.02. The van der Waals surface area contributed by atoms with E-state index in [9.17, 15) is 0 Å². The maximum absolute atomic E-state index is 4.04. The highest BCUT2D eigenvalue weighted by Crippen LogP contribution is 2.11. The SMILES string of the molecule is c1cn(CCCCCCc2ccsc2)cn1. The third-order valence-corrected chi connectivity index (χ3v) is 3.50. The van der Waals surface area contributed by atoms with Crippen LogP contribution in [0.2, 0.25) is 0 Å². The van der Waals surface area contributed by atoms with Crippen LogP contribution in [-0.4, -0.2) is 9.55 Å². The van der Waals surface area contributed by atoms with Gasteiger partial charge in [-0.25, -0.2) is 4.98 Å². The molecule has 0 unspecified atom stereocenters. The predicted octanol–water partition coefficient (Wildman–Crippen LogP) is 3.75. The van der Waals surface area contributed by atoms with Gasteiger partial charge in [0.05, 0.1) is 6.33 Å². The largest absolute Gasteiger partial charge is 0.337 e. The van der Waals surface area contributed by atoms with Crippen LogP contribution in [0.5, 0.6) is 0 Å². The van der Waals surface area contributed by atoms with Crippen molar-refractivity contribution in [2.24, 2.45) is 0 Å². The molecule has 2 rings (SSSR count). The summed E-state index contributed by atoms with van der Waals surface area (Å²) >= 11 is 1.80. The van der Waals surface area contributed by atoms with Gasteiger partial charge in [-0.3, -0.25) is 0 Å². The summed E-state index contributed by atoms with van der Waals surface area (Å²) in [5, 5.41) is 4.42. The van der Waals surface area contributed by atoms with Gasteiger partial charge in [0, 0.05) is 18.9 Å². The first kappa shape index (κ1) is 11.4. The van der Waals surface area contributed by atoms with Crippen molar-refractivity contribution in [3.8, 4) is 0 Å². The molecular weight excluding hydrogens is 216 g/mol. The van der Waals surface area contributed by atoms with E-state index in [1.54, 1.807) is 11.3 Å². The third kappa shape index (κ3) is 3.81. The van der Waals surface area contributed by atoms with E-state index in [0.29, 0.717) is 0 Å². The molecule has 2 heterocycles. The lowest BCUT2D eigenvalue weighted by atomic mass is 10.1. The van der Waals surface area contributed by atoms with Gasteiger partial charge < -0.3 is 4.57 Å². The topological polar surface area (TPSA) is 17.8 Å². The highest BCUT2D eigenvalue weighted by atomic mass is 32.1. The van der Waals surface area contributed by atoms with E-state index >= 15 is 0 Å². The first-order chi connectivity index (χ1) is 7.95. The Bertz CT molecular complexity index is 326. The van der Waals surface area contributed by atoms with Crippen LogP contribution in [0.1, 0.15) is 31.2 Å². The highest BCUT2D eigenvalue weighted by molar-refractivity contribution is 7.07. The van der Waals surface area contributed by atoms with Gasteiger partial charge in [-0.15, -0.1) is 0 Å². The number of imidazole rings is 1. The molecule has 0 aliphatic heterocycles. The quantitative estimate of drug-likeness (QED) is 0.667. The van der Waals surface area contributed by atoms with Crippen molar-refractivity contribution in [3.05, 3.63) is 41.1 Å². The average Bonchev–Trinajstić information content (AvgIpc) is 2.96. The van der Waals surface area contributed by atoms with Crippen LogP contribution in [0, 0.1) is 0 Å². The van der Waals surface area contributed by atoms with Gasteiger partial charge in [-0.2, -0.15) is 11.3 Å². The maximum atomic E-state index is 4.04. The Kier molecular flexibility index (Phi) is 4.62. The van der Waals surface area contributed by atoms with E-state index in [1.165, 1.54) is 37.7 Å². The van der Waals surface area contributed by atoms with Crippen LogP contribution in [0.4, 0.5) is 0 Å². The summed E-state index contributed by atoms with van der Waals surface area (Å²) in [6.45, 7) is 1.11. The molecule has 0 aliphatic rings. The van der Waals surface area contributed by atoms with Crippen molar-refractivity contribution in [2.45, 2.75) is 38.6 Å². The number of hydrogen-bond donors (Lipinski definition) is 0. The van der Waals surface area contributed by atoms with E-state index in [4.69, 9.17) is 0 Å². The van der Waals surface area contributed by atoms with Crippen molar-refractivity contribution in [3.63, 3.8) is 0 Å². The number of aromatic nitrogens is 2. The van der Waals surface area contributed by atoms with Crippen molar-refractivity contribution in [1.29, 1.82) is 0 Å². The maximum Gasteiger partial charge on any atom is 0.0945 e. The Morgan fingerprint density at radius 2 is 2.12 bits per heavy atom. The standard InChI is InChI=1S/C13H18N2S/c1(3-5-13-6-10-16-11-13)2-4-8-15-9-7-14-12-15/h6-7,9-12H,1-5,8H2. The molecule has 0 saturated heterocycles. The lowest BCUT2D eigenvalue weighted by Crippen LogP contribution is -1.94. The zero-order chi connectivity index (χ0) is 11.1. The van der Waals surface area contributed by atoms with E-state index < -0.39 is 0 Å². The molecule has 0 atom stereocenters. The third-order valence-electron chi connectivity index (χ3n) is 2.77. The molecule has 3 heteroatoms. The predicted molar refractivity (Wildman–Crippen MR) is 68.7 cm³/mol. The van der Waals surface area contributed by atoms with Crippen LogP contribution in [-0.2, 0) is 13.0 Å². The molecule has 0 saturated carbocycles. The van der Waals surface area contributed by atoms with E-state index in [-0.39, 0.29) is 0 Å². The van der Waals surface area contributed by atoms with Gasteiger partial charge in [0.25, 0.3) is 0 Å². The summed E-state index contributed by atoms with van der Waals surface area (Å²) in [5.41, 5.74) is 1.50. The van der Waals surface area contributed by atoms with Gasteiger partial charge in [0.2, 0.25) is 0 Å². The van der Waals surface area contributed by atoms with Gasteiger partial charge in [-0.05, 0) is 41.7 Å². The second-order valence-electron chi connectivity index (χ2n) is 4.10. The monoisotopic (exact) mass is 234 g/mol. The van der Waals surface area contributed by atoms with Crippen LogP contribution >= 0.6 is 11.3 Å². The Morgan fingerprint density at radius 1 is 1.19 bits per heavy atom. The molecule has 16 heavy (non-hydrogen) atoms. The fourth-order valence-corrected chi connectivity index (χ4v) is 2.53. The molecular formula is C13H18N2S.